The molecule has 0 bridgehead atoms. The first-order valence-corrected chi connectivity index (χ1v) is 12.1. The second kappa shape index (κ2) is 9.46. The molecule has 3 aliphatic rings. The highest BCUT2D eigenvalue weighted by atomic mass is 16.3. The van der Waals surface area contributed by atoms with E-state index < -0.39 is 29.7 Å². The predicted octanol–water partition coefficient (Wildman–Crippen LogP) is 3.69. The maximum atomic E-state index is 12.3. The van der Waals surface area contributed by atoms with Gasteiger partial charge in [0.15, 0.2) is 5.78 Å². The number of rotatable bonds is 6. The van der Waals surface area contributed by atoms with Crippen molar-refractivity contribution in [1.29, 1.82) is 0 Å². The van der Waals surface area contributed by atoms with Crippen molar-refractivity contribution in [2.24, 2.45) is 23.2 Å². The summed E-state index contributed by atoms with van der Waals surface area (Å²) >= 11 is 0. The Hall–Kier alpha value is -1.01. The number of fused-ring (bicyclic) bond motifs is 1. The zero-order valence-corrected chi connectivity index (χ0v) is 19.7. The molecule has 0 aromatic rings. The van der Waals surface area contributed by atoms with Crippen molar-refractivity contribution < 1.29 is 25.2 Å². The number of hydrogen-bond acceptors (Lipinski definition) is 5. The van der Waals surface area contributed by atoms with Crippen LogP contribution >= 0.6 is 0 Å². The highest BCUT2D eigenvalue weighted by molar-refractivity contribution is 5.89. The van der Waals surface area contributed by atoms with Crippen LogP contribution in [0.1, 0.15) is 85.5 Å². The second-order valence-corrected chi connectivity index (χ2v) is 11.3. The van der Waals surface area contributed by atoms with E-state index in [1.807, 2.05) is 0 Å². The Morgan fingerprint density at radius 1 is 1.19 bits per heavy atom. The third kappa shape index (κ3) is 5.50. The van der Waals surface area contributed by atoms with Crippen LogP contribution in [0.5, 0.6) is 0 Å². The second-order valence-electron chi connectivity index (χ2n) is 11.3. The van der Waals surface area contributed by atoms with Crippen LogP contribution < -0.4 is 0 Å². The monoisotopic (exact) mass is 434 g/mol. The first-order valence-electron chi connectivity index (χ1n) is 12.1. The van der Waals surface area contributed by atoms with Gasteiger partial charge in [-0.15, -0.1) is 0 Å². The summed E-state index contributed by atoms with van der Waals surface area (Å²) in [5.41, 5.74) is 1.25. The molecule has 3 saturated carbocycles. The third-order valence-electron chi connectivity index (χ3n) is 8.30. The van der Waals surface area contributed by atoms with Gasteiger partial charge in [0.2, 0.25) is 0 Å². The highest BCUT2D eigenvalue weighted by Crippen LogP contribution is 2.59. The number of allylic oxidation sites excluding steroid dienone is 3. The molecule has 0 saturated heterocycles. The molecule has 31 heavy (non-hydrogen) atoms. The van der Waals surface area contributed by atoms with E-state index in [2.05, 4.69) is 26.0 Å². The molecular weight excluding hydrogens is 392 g/mol. The molecule has 0 heterocycles. The van der Waals surface area contributed by atoms with Gasteiger partial charge < -0.3 is 20.4 Å². The number of carbonyl (C=O) groups is 1. The van der Waals surface area contributed by atoms with Gasteiger partial charge >= 0.3 is 0 Å². The molecule has 3 aliphatic carbocycles. The van der Waals surface area contributed by atoms with Gasteiger partial charge in [0.05, 0.1) is 12.2 Å². The Morgan fingerprint density at radius 2 is 1.84 bits per heavy atom. The van der Waals surface area contributed by atoms with Crippen molar-refractivity contribution in [2.45, 2.75) is 109 Å². The molecule has 0 aliphatic heterocycles. The van der Waals surface area contributed by atoms with Gasteiger partial charge in [-0.1, -0.05) is 37.1 Å². The lowest BCUT2D eigenvalue weighted by molar-refractivity contribution is -0.144. The molecule has 176 valence electrons. The number of aliphatic hydroxyl groups excluding tert-OH is 3. The molecule has 2 unspecified atom stereocenters. The van der Waals surface area contributed by atoms with Crippen LogP contribution in [0, 0.1) is 23.2 Å². The van der Waals surface area contributed by atoms with Gasteiger partial charge in [-0.05, 0) is 94.8 Å². The van der Waals surface area contributed by atoms with Crippen LogP contribution in [0.4, 0.5) is 0 Å². The maximum Gasteiger partial charge on any atom is 0.192 e. The van der Waals surface area contributed by atoms with Crippen molar-refractivity contribution in [3.63, 3.8) is 0 Å². The molecule has 4 N–H and O–H groups in total. The fraction of sp³-hybridized carbons (Fsp3) is 0.808. The summed E-state index contributed by atoms with van der Waals surface area (Å²) < 4.78 is 0. The molecular formula is C26H42O5. The Kier molecular flexibility index (Phi) is 7.52. The standard InChI is InChI=1S/C26H42O5/c1-16(12-23(29)24(30)25(2,3)31)21-9-10-22-18(6-5-11-26(21,22)4)8-7-17-13-19(27)15-20(28)14-17/h7-8,16,19-23,27-29,31H,5-6,9-15H2,1-4H3/b18-8+/t16-,19-,20-,21?,22?,23+,26-/m1/s1. The Morgan fingerprint density at radius 3 is 2.45 bits per heavy atom. The largest absolute Gasteiger partial charge is 0.393 e. The average molecular weight is 435 g/mol. The first kappa shape index (κ1) is 24.6. The zero-order valence-electron chi connectivity index (χ0n) is 19.7. The van der Waals surface area contributed by atoms with Gasteiger partial charge in [0.1, 0.15) is 11.7 Å². The summed E-state index contributed by atoms with van der Waals surface area (Å²) in [5, 5.41) is 40.3. The number of aliphatic hydroxyl groups is 4. The lowest BCUT2D eigenvalue weighted by atomic mass is 9.60. The van der Waals surface area contributed by atoms with Crippen molar-refractivity contribution in [3.8, 4) is 0 Å². The summed E-state index contributed by atoms with van der Waals surface area (Å²) in [6.07, 6.45) is 10.2. The molecule has 0 aromatic heterocycles. The van der Waals surface area contributed by atoms with E-state index in [0.29, 0.717) is 37.5 Å². The summed E-state index contributed by atoms with van der Waals surface area (Å²) in [5.74, 6) is 0.659. The van der Waals surface area contributed by atoms with E-state index in [-0.39, 0.29) is 11.3 Å². The van der Waals surface area contributed by atoms with Crippen LogP contribution in [0.25, 0.3) is 0 Å². The van der Waals surface area contributed by atoms with Gasteiger partial charge in [-0.2, -0.15) is 0 Å². The minimum absolute atomic E-state index is 0.158. The number of hydrogen-bond donors (Lipinski definition) is 4. The van der Waals surface area contributed by atoms with Crippen molar-refractivity contribution >= 4 is 5.78 Å². The molecule has 5 heteroatoms. The Bertz CT molecular complexity index is 706. The van der Waals surface area contributed by atoms with Crippen molar-refractivity contribution in [1.82, 2.24) is 0 Å². The summed E-state index contributed by atoms with van der Waals surface area (Å²) in [6, 6.07) is 0. The van der Waals surface area contributed by atoms with E-state index in [1.54, 1.807) is 0 Å². The topological polar surface area (TPSA) is 98.0 Å². The number of ketones is 1. The minimum atomic E-state index is -1.50. The van der Waals surface area contributed by atoms with Crippen LogP contribution in [0.3, 0.4) is 0 Å². The molecule has 5 nitrogen and oxygen atoms in total. The Labute approximate surface area is 187 Å². The summed E-state index contributed by atoms with van der Waals surface area (Å²) in [7, 11) is 0. The fourth-order valence-corrected chi connectivity index (χ4v) is 6.78. The molecule has 0 radical (unpaired) electrons. The number of carbonyl (C=O) groups excluding carboxylic acids is 1. The van der Waals surface area contributed by atoms with Crippen molar-refractivity contribution in [3.05, 3.63) is 23.3 Å². The lowest BCUT2D eigenvalue weighted by Gasteiger charge is -2.44. The van der Waals surface area contributed by atoms with E-state index >= 15 is 0 Å². The first-order chi connectivity index (χ1) is 14.4. The van der Waals surface area contributed by atoms with Crippen LogP contribution in [-0.2, 0) is 4.79 Å². The smallest absolute Gasteiger partial charge is 0.192 e. The quantitative estimate of drug-likeness (QED) is 0.511. The minimum Gasteiger partial charge on any atom is -0.393 e. The highest BCUT2D eigenvalue weighted by Gasteiger charge is 2.51. The van der Waals surface area contributed by atoms with Crippen LogP contribution in [-0.4, -0.2) is 50.1 Å². The van der Waals surface area contributed by atoms with Crippen molar-refractivity contribution in [2.75, 3.05) is 0 Å². The SMILES string of the molecule is C[C@H](C[C@H](O)C(=O)C(C)(C)O)C1CCC2/C(=C/C=C3C[C@@H](O)C[C@H](O)C3)CCC[C@@]21C. The third-order valence-corrected chi connectivity index (χ3v) is 8.30. The van der Waals surface area contributed by atoms with Crippen LogP contribution in [0.15, 0.2) is 23.3 Å². The molecule has 3 rings (SSSR count). The fourth-order valence-electron chi connectivity index (χ4n) is 6.78. The molecule has 0 spiro atoms. The molecule has 7 atom stereocenters. The summed E-state index contributed by atoms with van der Waals surface area (Å²) in [6.45, 7) is 7.40. The lowest BCUT2D eigenvalue weighted by Crippen LogP contribution is -2.42. The van der Waals surface area contributed by atoms with Gasteiger partial charge in [-0.3, -0.25) is 4.79 Å². The summed E-state index contributed by atoms with van der Waals surface area (Å²) in [4.78, 5) is 12.3. The molecule has 0 amide bonds. The molecule has 3 fully saturated rings. The van der Waals surface area contributed by atoms with Gasteiger partial charge in [0, 0.05) is 0 Å². The van der Waals surface area contributed by atoms with E-state index in [4.69, 9.17) is 0 Å². The molecule has 0 aromatic carbocycles. The maximum absolute atomic E-state index is 12.3. The van der Waals surface area contributed by atoms with Gasteiger partial charge in [-0.25, -0.2) is 0 Å². The normalized spacial score (nSPS) is 37.4. The van der Waals surface area contributed by atoms with E-state index in [0.717, 1.165) is 37.7 Å². The van der Waals surface area contributed by atoms with E-state index in [1.165, 1.54) is 19.4 Å². The average Bonchev–Trinajstić information content (AvgIpc) is 3.01. The van der Waals surface area contributed by atoms with Gasteiger partial charge in [0.25, 0.3) is 0 Å². The predicted molar refractivity (Wildman–Crippen MR) is 121 cm³/mol. The van der Waals surface area contributed by atoms with E-state index in [9.17, 15) is 25.2 Å². The zero-order chi connectivity index (χ0) is 23.0. The Balaban J connectivity index is 1.71. The number of Topliss-reactive ketones (excluding diaryl/α,β-unsaturated/α-hetero) is 1. The van der Waals surface area contributed by atoms with Crippen LogP contribution in [0.2, 0.25) is 0 Å².